The molecule has 0 bridgehead atoms. The summed E-state index contributed by atoms with van der Waals surface area (Å²) in [6.45, 7) is 0. The number of thiophene rings is 1. The van der Waals surface area contributed by atoms with Crippen molar-refractivity contribution in [1.29, 1.82) is 0 Å². The standard InChI is InChI=1S/C18H13NOS/c20-17(10-5-14-3-1-11-19-13-14)15-6-8-16(9-7-15)18-4-2-12-21-18/h1-13H. The van der Waals surface area contributed by atoms with Crippen molar-refractivity contribution >= 4 is 23.2 Å². The van der Waals surface area contributed by atoms with Crippen LogP contribution in [0.1, 0.15) is 15.9 Å². The Labute approximate surface area is 127 Å². The molecule has 21 heavy (non-hydrogen) atoms. The van der Waals surface area contributed by atoms with Gasteiger partial charge >= 0.3 is 0 Å². The summed E-state index contributed by atoms with van der Waals surface area (Å²) in [6.07, 6.45) is 6.80. The van der Waals surface area contributed by atoms with E-state index in [0.717, 1.165) is 11.1 Å². The van der Waals surface area contributed by atoms with Gasteiger partial charge in [-0.3, -0.25) is 9.78 Å². The van der Waals surface area contributed by atoms with Gasteiger partial charge in [0.1, 0.15) is 0 Å². The van der Waals surface area contributed by atoms with E-state index in [2.05, 4.69) is 11.1 Å². The molecule has 0 fully saturated rings. The van der Waals surface area contributed by atoms with Crippen molar-refractivity contribution in [2.75, 3.05) is 0 Å². The predicted molar refractivity (Wildman–Crippen MR) is 87.4 cm³/mol. The molecular formula is C18H13NOS. The van der Waals surface area contributed by atoms with Crippen LogP contribution in [0.2, 0.25) is 0 Å². The number of allylic oxidation sites excluding steroid dienone is 1. The second-order valence-electron chi connectivity index (χ2n) is 4.54. The molecule has 0 aliphatic carbocycles. The van der Waals surface area contributed by atoms with E-state index in [4.69, 9.17) is 0 Å². The topological polar surface area (TPSA) is 30.0 Å². The fourth-order valence-electron chi connectivity index (χ4n) is 1.98. The SMILES string of the molecule is O=C(C=Cc1cccnc1)c1ccc(-c2cccs2)cc1. The second-order valence-corrected chi connectivity index (χ2v) is 5.49. The minimum atomic E-state index is -0.00316. The van der Waals surface area contributed by atoms with E-state index in [1.807, 2.05) is 47.8 Å². The summed E-state index contributed by atoms with van der Waals surface area (Å²) in [4.78, 5) is 17.3. The largest absolute Gasteiger partial charge is 0.289 e. The summed E-state index contributed by atoms with van der Waals surface area (Å²) in [5, 5.41) is 2.05. The van der Waals surface area contributed by atoms with E-state index in [-0.39, 0.29) is 5.78 Å². The number of carbonyl (C=O) groups is 1. The van der Waals surface area contributed by atoms with Crippen molar-refractivity contribution in [1.82, 2.24) is 4.98 Å². The van der Waals surface area contributed by atoms with Crippen molar-refractivity contribution in [3.05, 3.63) is 83.5 Å². The van der Waals surface area contributed by atoms with E-state index < -0.39 is 0 Å². The first kappa shape index (κ1) is 13.5. The third-order valence-corrected chi connectivity index (χ3v) is 4.01. The predicted octanol–water partition coefficient (Wildman–Crippen LogP) is 4.71. The fourth-order valence-corrected chi connectivity index (χ4v) is 2.72. The zero-order valence-corrected chi connectivity index (χ0v) is 12.1. The van der Waals surface area contributed by atoms with E-state index in [1.54, 1.807) is 35.9 Å². The monoisotopic (exact) mass is 291 g/mol. The number of rotatable bonds is 4. The minimum Gasteiger partial charge on any atom is -0.289 e. The lowest BCUT2D eigenvalue weighted by atomic mass is 10.1. The van der Waals surface area contributed by atoms with Crippen molar-refractivity contribution in [2.24, 2.45) is 0 Å². The molecule has 0 aliphatic rings. The molecule has 0 unspecified atom stereocenters. The van der Waals surface area contributed by atoms with Crippen LogP contribution < -0.4 is 0 Å². The average Bonchev–Trinajstić information content (AvgIpc) is 3.08. The number of ketones is 1. The van der Waals surface area contributed by atoms with Crippen LogP contribution in [-0.4, -0.2) is 10.8 Å². The number of nitrogens with zero attached hydrogens (tertiary/aromatic N) is 1. The first-order chi connectivity index (χ1) is 10.3. The van der Waals surface area contributed by atoms with Crippen LogP contribution in [0.3, 0.4) is 0 Å². The fraction of sp³-hybridized carbons (Fsp3) is 0. The van der Waals surface area contributed by atoms with Crippen molar-refractivity contribution in [3.63, 3.8) is 0 Å². The van der Waals surface area contributed by atoms with Crippen LogP contribution in [0.25, 0.3) is 16.5 Å². The third kappa shape index (κ3) is 3.33. The number of aromatic nitrogens is 1. The van der Waals surface area contributed by atoms with Crippen LogP contribution in [0, 0.1) is 0 Å². The van der Waals surface area contributed by atoms with Gasteiger partial charge in [0.2, 0.25) is 0 Å². The maximum absolute atomic E-state index is 12.1. The highest BCUT2D eigenvalue weighted by atomic mass is 32.1. The van der Waals surface area contributed by atoms with Crippen LogP contribution >= 0.6 is 11.3 Å². The molecule has 3 rings (SSSR count). The Balaban J connectivity index is 1.75. The maximum atomic E-state index is 12.1. The number of benzene rings is 1. The Morgan fingerprint density at radius 1 is 1.05 bits per heavy atom. The summed E-state index contributed by atoms with van der Waals surface area (Å²) in [5.74, 6) is -0.00316. The molecule has 102 valence electrons. The Morgan fingerprint density at radius 3 is 2.57 bits per heavy atom. The quantitative estimate of drug-likeness (QED) is 0.515. The van der Waals surface area contributed by atoms with Crippen LogP contribution in [-0.2, 0) is 0 Å². The molecule has 3 aromatic rings. The van der Waals surface area contributed by atoms with Gasteiger partial charge in [0.05, 0.1) is 0 Å². The Bertz CT molecular complexity index is 744. The summed E-state index contributed by atoms with van der Waals surface area (Å²) in [5.41, 5.74) is 2.74. The number of hydrogen-bond acceptors (Lipinski definition) is 3. The van der Waals surface area contributed by atoms with E-state index in [0.29, 0.717) is 5.56 Å². The Kier molecular flexibility index (Phi) is 4.03. The molecule has 2 heterocycles. The highest BCUT2D eigenvalue weighted by Gasteiger charge is 2.03. The van der Waals surface area contributed by atoms with Gasteiger partial charge in [0, 0.05) is 22.8 Å². The van der Waals surface area contributed by atoms with Crippen LogP contribution in [0.15, 0.2) is 72.4 Å². The third-order valence-electron chi connectivity index (χ3n) is 3.09. The molecule has 0 saturated heterocycles. The zero-order chi connectivity index (χ0) is 14.5. The minimum absolute atomic E-state index is 0.00316. The molecule has 0 atom stereocenters. The maximum Gasteiger partial charge on any atom is 0.185 e. The van der Waals surface area contributed by atoms with Crippen LogP contribution in [0.4, 0.5) is 0 Å². The molecule has 2 nitrogen and oxygen atoms in total. The molecule has 1 aromatic carbocycles. The van der Waals surface area contributed by atoms with Gasteiger partial charge in [-0.25, -0.2) is 0 Å². The average molecular weight is 291 g/mol. The lowest BCUT2D eigenvalue weighted by Crippen LogP contribution is -1.93. The van der Waals surface area contributed by atoms with E-state index in [1.165, 1.54) is 4.88 Å². The van der Waals surface area contributed by atoms with Gasteiger partial charge < -0.3 is 0 Å². The molecule has 0 N–H and O–H groups in total. The first-order valence-corrected chi connectivity index (χ1v) is 7.47. The Hall–Kier alpha value is -2.52. The highest BCUT2D eigenvalue weighted by Crippen LogP contribution is 2.24. The normalized spacial score (nSPS) is 10.9. The van der Waals surface area contributed by atoms with Gasteiger partial charge in [0.25, 0.3) is 0 Å². The van der Waals surface area contributed by atoms with E-state index in [9.17, 15) is 4.79 Å². The van der Waals surface area contributed by atoms with Crippen molar-refractivity contribution < 1.29 is 4.79 Å². The summed E-state index contributed by atoms with van der Waals surface area (Å²) in [7, 11) is 0. The lowest BCUT2D eigenvalue weighted by Gasteiger charge is -1.99. The lowest BCUT2D eigenvalue weighted by molar-refractivity contribution is 0.104. The smallest absolute Gasteiger partial charge is 0.185 e. The van der Waals surface area contributed by atoms with Gasteiger partial charge in [-0.2, -0.15) is 0 Å². The van der Waals surface area contributed by atoms with Crippen molar-refractivity contribution in [2.45, 2.75) is 0 Å². The highest BCUT2D eigenvalue weighted by molar-refractivity contribution is 7.13. The molecule has 3 heteroatoms. The summed E-state index contributed by atoms with van der Waals surface area (Å²) >= 11 is 1.69. The Morgan fingerprint density at radius 2 is 1.90 bits per heavy atom. The molecular weight excluding hydrogens is 278 g/mol. The molecule has 0 aliphatic heterocycles. The number of hydrogen-bond donors (Lipinski definition) is 0. The van der Waals surface area contributed by atoms with Gasteiger partial charge in [0.15, 0.2) is 5.78 Å². The zero-order valence-electron chi connectivity index (χ0n) is 11.3. The molecule has 0 spiro atoms. The van der Waals surface area contributed by atoms with Crippen molar-refractivity contribution in [3.8, 4) is 10.4 Å². The van der Waals surface area contributed by atoms with E-state index >= 15 is 0 Å². The van der Waals surface area contributed by atoms with Gasteiger partial charge in [-0.05, 0) is 40.8 Å². The molecule has 2 aromatic heterocycles. The molecule has 0 amide bonds. The summed E-state index contributed by atoms with van der Waals surface area (Å²) < 4.78 is 0. The summed E-state index contributed by atoms with van der Waals surface area (Å²) in [6, 6.07) is 15.6. The molecule has 0 radical (unpaired) electrons. The number of carbonyl (C=O) groups excluding carboxylic acids is 1. The van der Waals surface area contributed by atoms with Gasteiger partial charge in [-0.15, -0.1) is 11.3 Å². The van der Waals surface area contributed by atoms with Gasteiger partial charge in [-0.1, -0.05) is 36.4 Å². The molecule has 0 saturated carbocycles. The number of pyridine rings is 1. The second kappa shape index (κ2) is 6.29. The van der Waals surface area contributed by atoms with Crippen LogP contribution in [0.5, 0.6) is 0 Å². The first-order valence-electron chi connectivity index (χ1n) is 6.59.